The van der Waals surface area contributed by atoms with Gasteiger partial charge in [-0.3, -0.25) is 0 Å². The molecule has 0 spiro atoms. The molecule has 0 saturated carbocycles. The zero-order valence-electron chi connectivity index (χ0n) is 25.1. The molecule has 0 saturated heterocycles. The van der Waals surface area contributed by atoms with E-state index in [1.807, 2.05) is 11.8 Å². The molecule has 0 radical (unpaired) electrons. The Morgan fingerprint density at radius 3 is 1.80 bits per heavy atom. The molecule has 214 valence electrons. The molecule has 1 aliphatic carbocycles. The van der Waals surface area contributed by atoms with Gasteiger partial charge in [0.2, 0.25) is 0 Å². The summed E-state index contributed by atoms with van der Waals surface area (Å²) in [6, 6.07) is 63.4. The molecule has 10 rings (SSSR count). The van der Waals surface area contributed by atoms with E-state index in [1.54, 1.807) is 0 Å². The van der Waals surface area contributed by atoms with Gasteiger partial charge in [-0.15, -0.1) is 0 Å². The van der Waals surface area contributed by atoms with E-state index in [4.69, 9.17) is 0 Å². The Labute approximate surface area is 273 Å². The Bertz CT molecular complexity index is 2500. The van der Waals surface area contributed by atoms with Crippen LogP contribution in [0, 0.1) is 0 Å². The van der Waals surface area contributed by atoms with Crippen molar-refractivity contribution in [2.24, 2.45) is 0 Å². The van der Waals surface area contributed by atoms with E-state index < -0.39 is 5.41 Å². The lowest BCUT2D eigenvalue weighted by Crippen LogP contribution is -2.29. The van der Waals surface area contributed by atoms with E-state index in [2.05, 4.69) is 170 Å². The van der Waals surface area contributed by atoms with Gasteiger partial charge in [0.15, 0.2) is 0 Å². The number of hydrogen-bond donors (Lipinski definition) is 0. The van der Waals surface area contributed by atoms with Gasteiger partial charge in [-0.1, -0.05) is 157 Å². The molecule has 0 nitrogen and oxygen atoms in total. The van der Waals surface area contributed by atoms with Gasteiger partial charge in [-0.2, -0.15) is 0 Å². The molecule has 0 fully saturated rings. The van der Waals surface area contributed by atoms with Gasteiger partial charge >= 0.3 is 0 Å². The lowest BCUT2D eigenvalue weighted by Gasteiger charge is -2.36. The van der Waals surface area contributed by atoms with Crippen molar-refractivity contribution in [3.05, 3.63) is 192 Å². The van der Waals surface area contributed by atoms with E-state index >= 15 is 0 Å². The SMILES string of the molecule is c1ccc(C2(c3ccccc3-c3ccc4c(c3)Sc3cccc5cccc-4c35)c3ccccc3-c3cc4ccccc4cc32)cc1. The second-order valence-electron chi connectivity index (χ2n) is 12.4. The van der Waals surface area contributed by atoms with Crippen molar-refractivity contribution in [1.82, 2.24) is 0 Å². The van der Waals surface area contributed by atoms with Crippen molar-refractivity contribution in [2.45, 2.75) is 15.2 Å². The molecular formula is C45H28S. The monoisotopic (exact) mass is 600 g/mol. The Morgan fingerprint density at radius 2 is 0.978 bits per heavy atom. The first-order chi connectivity index (χ1) is 22.8. The predicted octanol–water partition coefficient (Wildman–Crippen LogP) is 12.2. The summed E-state index contributed by atoms with van der Waals surface area (Å²) in [4.78, 5) is 2.64. The highest BCUT2D eigenvalue weighted by atomic mass is 32.2. The molecule has 2 aliphatic rings. The number of benzene rings is 8. The molecule has 8 aromatic carbocycles. The molecule has 46 heavy (non-hydrogen) atoms. The van der Waals surface area contributed by atoms with Crippen LogP contribution < -0.4 is 0 Å². The zero-order valence-corrected chi connectivity index (χ0v) is 25.9. The number of hydrogen-bond acceptors (Lipinski definition) is 1. The van der Waals surface area contributed by atoms with Crippen LogP contribution in [0.4, 0.5) is 0 Å². The highest BCUT2D eigenvalue weighted by molar-refractivity contribution is 7.99. The molecular weight excluding hydrogens is 573 g/mol. The molecule has 0 amide bonds. The second kappa shape index (κ2) is 9.81. The molecule has 1 heteroatoms. The molecule has 1 atom stereocenters. The summed E-state index contributed by atoms with van der Waals surface area (Å²) >= 11 is 1.90. The zero-order chi connectivity index (χ0) is 30.2. The smallest absolute Gasteiger partial charge is 0.0719 e. The van der Waals surface area contributed by atoms with Gasteiger partial charge in [0.25, 0.3) is 0 Å². The Kier molecular flexibility index (Phi) is 5.53. The standard InChI is InChI=1S/C45H28S/c1-2-16-33(17-3-1)45(40-22-9-7-19-35(40)38-26-30-12-4-5-13-31(30)27-41(38)45)39-21-8-6-18-34(39)32-24-25-36-37-20-10-14-29-15-11-23-42(44(29)37)46-43(36)28-32/h1-28H. The average molecular weight is 601 g/mol. The van der Waals surface area contributed by atoms with E-state index in [0.717, 1.165) is 0 Å². The molecule has 0 aromatic heterocycles. The van der Waals surface area contributed by atoms with Crippen LogP contribution in [-0.2, 0) is 5.41 Å². The van der Waals surface area contributed by atoms with Crippen molar-refractivity contribution in [2.75, 3.05) is 0 Å². The van der Waals surface area contributed by atoms with Crippen LogP contribution in [0.5, 0.6) is 0 Å². The largest absolute Gasteiger partial charge is 0.0888 e. The Balaban J connectivity index is 1.27. The van der Waals surface area contributed by atoms with Crippen molar-refractivity contribution < 1.29 is 0 Å². The van der Waals surface area contributed by atoms with E-state index in [-0.39, 0.29) is 0 Å². The average Bonchev–Trinajstić information content (AvgIpc) is 3.41. The Morgan fingerprint density at radius 1 is 0.348 bits per heavy atom. The van der Waals surface area contributed by atoms with Crippen molar-refractivity contribution in [3.8, 4) is 33.4 Å². The highest BCUT2D eigenvalue weighted by Crippen LogP contribution is 2.59. The fraction of sp³-hybridized carbons (Fsp3) is 0.0222. The third-order valence-corrected chi connectivity index (χ3v) is 11.2. The summed E-state index contributed by atoms with van der Waals surface area (Å²) in [6.45, 7) is 0. The van der Waals surface area contributed by atoms with Gasteiger partial charge in [0.1, 0.15) is 0 Å². The van der Waals surface area contributed by atoms with Crippen LogP contribution in [0.1, 0.15) is 22.3 Å². The normalized spacial score (nSPS) is 15.8. The Hall–Kier alpha value is -5.37. The minimum atomic E-state index is -0.477. The summed E-state index contributed by atoms with van der Waals surface area (Å²) < 4.78 is 0. The topological polar surface area (TPSA) is 0 Å². The predicted molar refractivity (Wildman–Crippen MR) is 194 cm³/mol. The van der Waals surface area contributed by atoms with Gasteiger partial charge in [-0.05, 0) is 96.1 Å². The molecule has 0 bridgehead atoms. The van der Waals surface area contributed by atoms with Crippen molar-refractivity contribution in [3.63, 3.8) is 0 Å². The van der Waals surface area contributed by atoms with Gasteiger partial charge in [-0.25, -0.2) is 0 Å². The van der Waals surface area contributed by atoms with E-state index in [1.165, 1.54) is 87.0 Å². The van der Waals surface area contributed by atoms with Crippen LogP contribution in [0.25, 0.3) is 54.9 Å². The van der Waals surface area contributed by atoms with Crippen molar-refractivity contribution in [1.29, 1.82) is 0 Å². The maximum Gasteiger partial charge on any atom is 0.0719 e. The molecule has 8 aromatic rings. The summed E-state index contributed by atoms with van der Waals surface area (Å²) in [7, 11) is 0. The lowest BCUT2D eigenvalue weighted by molar-refractivity contribution is 0.771. The highest BCUT2D eigenvalue weighted by Gasteiger charge is 2.47. The van der Waals surface area contributed by atoms with Crippen LogP contribution in [0.2, 0.25) is 0 Å². The second-order valence-corrected chi connectivity index (χ2v) is 13.5. The van der Waals surface area contributed by atoms with Crippen LogP contribution in [-0.4, -0.2) is 0 Å². The molecule has 0 N–H and O–H groups in total. The maximum atomic E-state index is 2.45. The minimum Gasteiger partial charge on any atom is -0.0888 e. The third kappa shape index (κ3) is 3.52. The first-order valence-electron chi connectivity index (χ1n) is 15.9. The number of fused-ring (bicyclic) bond motifs is 6. The molecule has 1 heterocycles. The fourth-order valence-corrected chi connectivity index (χ4v) is 9.39. The summed E-state index contributed by atoms with van der Waals surface area (Å²) in [5.41, 5.74) is 12.6. The van der Waals surface area contributed by atoms with E-state index in [0.29, 0.717) is 0 Å². The van der Waals surface area contributed by atoms with Crippen LogP contribution in [0.3, 0.4) is 0 Å². The summed E-state index contributed by atoms with van der Waals surface area (Å²) in [6.07, 6.45) is 0. The van der Waals surface area contributed by atoms with E-state index in [9.17, 15) is 0 Å². The molecule has 1 aliphatic heterocycles. The first kappa shape index (κ1) is 25.9. The molecule has 1 unspecified atom stereocenters. The third-order valence-electron chi connectivity index (χ3n) is 10.1. The van der Waals surface area contributed by atoms with Gasteiger partial charge in [0, 0.05) is 15.2 Å². The lowest BCUT2D eigenvalue weighted by atomic mass is 9.65. The quantitative estimate of drug-likeness (QED) is 0.194. The summed E-state index contributed by atoms with van der Waals surface area (Å²) in [5, 5.41) is 5.21. The fourth-order valence-electron chi connectivity index (χ4n) is 8.20. The minimum absolute atomic E-state index is 0.477. The van der Waals surface area contributed by atoms with Crippen molar-refractivity contribution >= 4 is 33.3 Å². The van der Waals surface area contributed by atoms with Gasteiger partial charge in [0.05, 0.1) is 5.41 Å². The van der Waals surface area contributed by atoms with Gasteiger partial charge < -0.3 is 0 Å². The van der Waals surface area contributed by atoms with Crippen LogP contribution >= 0.6 is 11.8 Å². The summed E-state index contributed by atoms with van der Waals surface area (Å²) in [5.74, 6) is 0. The number of rotatable bonds is 3. The maximum absolute atomic E-state index is 2.45. The van der Waals surface area contributed by atoms with Crippen LogP contribution in [0.15, 0.2) is 180 Å². The first-order valence-corrected chi connectivity index (χ1v) is 16.7.